The van der Waals surface area contributed by atoms with Crippen molar-refractivity contribution < 1.29 is 4.79 Å². The average molecular weight is 417 g/mol. The summed E-state index contributed by atoms with van der Waals surface area (Å²) in [5.41, 5.74) is 5.02. The Labute approximate surface area is 184 Å². The van der Waals surface area contributed by atoms with Crippen LogP contribution >= 0.6 is 0 Å². The second kappa shape index (κ2) is 8.81. The Morgan fingerprint density at radius 3 is 2.42 bits per heavy atom. The van der Waals surface area contributed by atoms with E-state index >= 15 is 0 Å². The number of carbonyl (C=O) groups excluding carboxylic acids is 1. The summed E-state index contributed by atoms with van der Waals surface area (Å²) in [4.78, 5) is 24.7. The molecule has 162 valence electrons. The van der Waals surface area contributed by atoms with E-state index in [2.05, 4.69) is 38.5 Å². The molecule has 2 saturated carbocycles. The highest BCUT2D eigenvalue weighted by Gasteiger charge is 2.33. The third-order valence-electron chi connectivity index (χ3n) is 7.25. The van der Waals surface area contributed by atoms with Gasteiger partial charge in [0.15, 0.2) is 5.65 Å². The Balaban J connectivity index is 1.39. The Bertz CT molecular complexity index is 1060. The van der Waals surface area contributed by atoms with Gasteiger partial charge in [0.25, 0.3) is 5.91 Å². The molecule has 5 heteroatoms. The second-order valence-corrected chi connectivity index (χ2v) is 9.30. The summed E-state index contributed by atoms with van der Waals surface area (Å²) >= 11 is 0. The van der Waals surface area contributed by atoms with Crippen LogP contribution in [0.4, 0.5) is 0 Å². The maximum atomic E-state index is 13.7. The first-order valence-corrected chi connectivity index (χ1v) is 11.9. The smallest absolute Gasteiger partial charge is 0.254 e. The lowest BCUT2D eigenvalue weighted by atomic mass is 9.92. The molecule has 3 aromatic rings. The molecule has 2 aliphatic rings. The van der Waals surface area contributed by atoms with Crippen molar-refractivity contribution >= 4 is 17.1 Å². The first kappa shape index (κ1) is 20.2. The maximum absolute atomic E-state index is 13.7. The molecule has 2 aromatic heterocycles. The molecular formula is C26H32N4O. The summed E-state index contributed by atoms with van der Waals surface area (Å²) in [6, 6.07) is 11.1. The van der Waals surface area contributed by atoms with Gasteiger partial charge < -0.3 is 9.47 Å². The van der Waals surface area contributed by atoms with Crippen molar-refractivity contribution in [2.75, 3.05) is 0 Å². The van der Waals surface area contributed by atoms with E-state index in [1.807, 2.05) is 24.5 Å². The maximum Gasteiger partial charge on any atom is 0.254 e. The van der Waals surface area contributed by atoms with Crippen LogP contribution in [0.15, 0.2) is 42.9 Å². The molecule has 0 radical (unpaired) electrons. The van der Waals surface area contributed by atoms with E-state index in [4.69, 9.17) is 0 Å². The summed E-state index contributed by atoms with van der Waals surface area (Å²) < 4.78 is 2.12. The van der Waals surface area contributed by atoms with Crippen LogP contribution < -0.4 is 0 Å². The fourth-order valence-electron chi connectivity index (χ4n) is 5.54. The number of rotatable bonds is 5. The van der Waals surface area contributed by atoms with E-state index in [9.17, 15) is 4.79 Å². The molecule has 0 N–H and O–H groups in total. The number of aromatic nitrogens is 3. The van der Waals surface area contributed by atoms with Crippen LogP contribution in [0.3, 0.4) is 0 Å². The van der Waals surface area contributed by atoms with Crippen molar-refractivity contribution in [2.45, 2.75) is 83.3 Å². The topological polar surface area (TPSA) is 51.0 Å². The van der Waals surface area contributed by atoms with Crippen molar-refractivity contribution in [2.24, 2.45) is 0 Å². The van der Waals surface area contributed by atoms with Crippen LogP contribution in [0, 0.1) is 6.92 Å². The van der Waals surface area contributed by atoms with Crippen molar-refractivity contribution in [1.29, 1.82) is 0 Å². The summed E-state index contributed by atoms with van der Waals surface area (Å²) in [5.74, 6) is 0.241. The molecule has 5 nitrogen and oxygen atoms in total. The Hall–Kier alpha value is -2.69. The number of amides is 1. The molecule has 0 atom stereocenters. The highest BCUT2D eigenvalue weighted by atomic mass is 16.2. The van der Waals surface area contributed by atoms with Gasteiger partial charge in [-0.25, -0.2) is 9.97 Å². The number of aryl methyl sites for hydroxylation is 1. The lowest BCUT2D eigenvalue weighted by molar-refractivity contribution is 0.0518. The average Bonchev–Trinajstić information content (AvgIpc) is 3.47. The molecule has 5 rings (SSSR count). The Kier molecular flexibility index (Phi) is 5.75. The molecule has 1 amide bonds. The predicted molar refractivity (Wildman–Crippen MR) is 123 cm³/mol. The molecule has 2 aliphatic carbocycles. The van der Waals surface area contributed by atoms with Gasteiger partial charge in [-0.1, -0.05) is 38.2 Å². The normalized spacial score (nSPS) is 18.0. The minimum absolute atomic E-state index is 0.241. The number of benzene rings is 1. The third-order valence-corrected chi connectivity index (χ3v) is 7.25. The van der Waals surface area contributed by atoms with Crippen molar-refractivity contribution in [1.82, 2.24) is 19.4 Å². The minimum Gasteiger partial charge on any atom is -0.333 e. The highest BCUT2D eigenvalue weighted by molar-refractivity contribution is 5.95. The summed E-state index contributed by atoms with van der Waals surface area (Å²) in [7, 11) is 0. The van der Waals surface area contributed by atoms with Gasteiger partial charge in [-0.3, -0.25) is 4.79 Å². The second-order valence-electron chi connectivity index (χ2n) is 9.30. The predicted octanol–water partition coefficient (Wildman–Crippen LogP) is 5.51. The minimum atomic E-state index is 0.241. The fourth-order valence-corrected chi connectivity index (χ4v) is 5.54. The van der Waals surface area contributed by atoms with Crippen LogP contribution in [0.2, 0.25) is 0 Å². The first-order valence-electron chi connectivity index (χ1n) is 11.9. The lowest BCUT2D eigenvalue weighted by Crippen LogP contribution is -2.47. The Morgan fingerprint density at radius 2 is 1.71 bits per heavy atom. The van der Waals surface area contributed by atoms with E-state index in [1.165, 1.54) is 63.4 Å². The zero-order chi connectivity index (χ0) is 21.2. The van der Waals surface area contributed by atoms with E-state index in [1.54, 1.807) is 6.20 Å². The molecule has 31 heavy (non-hydrogen) atoms. The van der Waals surface area contributed by atoms with Crippen LogP contribution in [-0.4, -0.2) is 37.4 Å². The molecule has 0 bridgehead atoms. The molecule has 0 spiro atoms. The lowest BCUT2D eigenvalue weighted by Gasteiger charge is -2.39. The van der Waals surface area contributed by atoms with Gasteiger partial charge >= 0.3 is 0 Å². The van der Waals surface area contributed by atoms with Crippen molar-refractivity contribution in [3.63, 3.8) is 0 Å². The summed E-state index contributed by atoms with van der Waals surface area (Å²) in [6.45, 7) is 2.85. The van der Waals surface area contributed by atoms with E-state index in [0.717, 1.165) is 28.8 Å². The van der Waals surface area contributed by atoms with E-state index in [0.29, 0.717) is 12.1 Å². The van der Waals surface area contributed by atoms with Crippen LogP contribution in [0.25, 0.3) is 11.2 Å². The van der Waals surface area contributed by atoms with Gasteiger partial charge in [0, 0.05) is 30.4 Å². The quantitative estimate of drug-likeness (QED) is 0.551. The van der Waals surface area contributed by atoms with Crippen LogP contribution in [0.1, 0.15) is 79.3 Å². The van der Waals surface area contributed by atoms with Gasteiger partial charge in [0.1, 0.15) is 0 Å². The number of hydrogen-bond donors (Lipinski definition) is 0. The number of pyridine rings is 1. The van der Waals surface area contributed by atoms with Gasteiger partial charge in [-0.15, -0.1) is 0 Å². The summed E-state index contributed by atoms with van der Waals surface area (Å²) in [6.07, 6.45) is 14.6. The summed E-state index contributed by atoms with van der Waals surface area (Å²) in [5, 5.41) is 0. The molecule has 2 fully saturated rings. The number of fused-ring (bicyclic) bond motifs is 1. The van der Waals surface area contributed by atoms with Crippen molar-refractivity contribution in [3.8, 4) is 0 Å². The fraction of sp³-hybridized carbons (Fsp3) is 0.500. The molecule has 2 heterocycles. The zero-order valence-electron chi connectivity index (χ0n) is 18.5. The van der Waals surface area contributed by atoms with Gasteiger partial charge in [0.05, 0.1) is 11.8 Å². The molecule has 0 saturated heterocycles. The van der Waals surface area contributed by atoms with E-state index in [-0.39, 0.29) is 5.91 Å². The number of hydrogen-bond acceptors (Lipinski definition) is 3. The standard InChI is InChI=1S/C26H32N4O/c1-19-16-20(13-14-21(19)17-29-18-28-25-24(29)12-7-15-27-25)26(31)30(23-10-5-6-11-23)22-8-3-2-4-9-22/h7,12-16,18,22-23H,2-6,8-11,17H2,1H3. The number of imidazole rings is 1. The van der Waals surface area contributed by atoms with Gasteiger partial charge in [0.2, 0.25) is 0 Å². The SMILES string of the molecule is Cc1cc(C(=O)N(C2CCCCC2)C2CCCC2)ccc1Cn1cnc2ncccc21. The molecule has 1 aromatic carbocycles. The van der Waals surface area contributed by atoms with Gasteiger partial charge in [-0.2, -0.15) is 0 Å². The number of nitrogens with zero attached hydrogens (tertiary/aromatic N) is 4. The van der Waals surface area contributed by atoms with Crippen LogP contribution in [0.5, 0.6) is 0 Å². The van der Waals surface area contributed by atoms with Crippen LogP contribution in [-0.2, 0) is 6.54 Å². The highest BCUT2D eigenvalue weighted by Crippen LogP contribution is 2.32. The Morgan fingerprint density at radius 1 is 1.00 bits per heavy atom. The monoisotopic (exact) mass is 416 g/mol. The largest absolute Gasteiger partial charge is 0.333 e. The zero-order valence-corrected chi connectivity index (χ0v) is 18.5. The third kappa shape index (κ3) is 4.10. The first-order chi connectivity index (χ1) is 15.2. The van der Waals surface area contributed by atoms with E-state index < -0.39 is 0 Å². The molecule has 0 aliphatic heterocycles. The van der Waals surface area contributed by atoms with Crippen molar-refractivity contribution in [3.05, 3.63) is 59.5 Å². The molecular weight excluding hydrogens is 384 g/mol. The molecule has 0 unspecified atom stereocenters. The number of carbonyl (C=O) groups is 1. The van der Waals surface area contributed by atoms with Gasteiger partial charge in [-0.05, 0) is 68.0 Å².